The fraction of sp³-hybridized carbons (Fsp3) is 0.240. The van der Waals surface area contributed by atoms with Crippen LogP contribution in [0.3, 0.4) is 0 Å². The number of rotatable bonds is 5. The average Bonchev–Trinajstić information content (AvgIpc) is 2.84. The summed E-state index contributed by atoms with van der Waals surface area (Å²) in [6, 6.07) is 11.2. The van der Waals surface area contributed by atoms with Crippen LogP contribution >= 0.6 is 0 Å². The Bertz CT molecular complexity index is 1330. The molecule has 1 aromatic carbocycles. The highest BCUT2D eigenvalue weighted by Gasteiger charge is 2.20. The van der Waals surface area contributed by atoms with Crippen LogP contribution in [0.25, 0.3) is 10.9 Å². The Kier molecular flexibility index (Phi) is 5.56. The Morgan fingerprint density at radius 1 is 1.12 bits per heavy atom. The first kappa shape index (κ1) is 20.8. The topological polar surface area (TPSA) is 107 Å². The summed E-state index contributed by atoms with van der Waals surface area (Å²) < 4.78 is 5.68. The van der Waals surface area contributed by atoms with Crippen LogP contribution in [-0.4, -0.2) is 37.3 Å². The van der Waals surface area contributed by atoms with Crippen LogP contribution in [0.4, 0.5) is 5.82 Å². The summed E-state index contributed by atoms with van der Waals surface area (Å²) in [5, 5.41) is 0.868. The molecule has 166 valence electrons. The molecule has 0 aliphatic carbocycles. The van der Waals surface area contributed by atoms with Gasteiger partial charge in [-0.05, 0) is 67.3 Å². The van der Waals surface area contributed by atoms with Crippen molar-refractivity contribution in [2.24, 2.45) is 0 Å². The molecule has 2 N–H and O–H groups in total. The standard InChI is InChI=1S/C25H24N6O2/c1-16-10-19-11-18(5-6-21(19)30-24(16)26)25(32)31(15-23-27-7-3-8-28-23)14-20-12-17-4-2-9-33-22(17)13-29-20/h3,5-8,10-13H,2,4,9,14-15H2,1H3,(H2,26,30). The third-order valence-electron chi connectivity index (χ3n) is 5.74. The molecule has 8 nitrogen and oxygen atoms in total. The predicted molar refractivity (Wildman–Crippen MR) is 125 cm³/mol. The largest absolute Gasteiger partial charge is 0.492 e. The van der Waals surface area contributed by atoms with E-state index in [1.165, 1.54) is 0 Å². The van der Waals surface area contributed by atoms with E-state index in [4.69, 9.17) is 10.5 Å². The van der Waals surface area contributed by atoms with Gasteiger partial charge in [-0.25, -0.2) is 15.0 Å². The molecule has 4 aromatic rings. The SMILES string of the molecule is Cc1cc2cc(C(=O)N(Cc3cc4c(cn3)OCCC4)Cc3ncccn3)ccc2nc1N. The summed E-state index contributed by atoms with van der Waals surface area (Å²) in [6.07, 6.45) is 7.02. The van der Waals surface area contributed by atoms with E-state index in [9.17, 15) is 4.79 Å². The van der Waals surface area contributed by atoms with Gasteiger partial charge in [0.15, 0.2) is 0 Å². The molecule has 0 unspecified atom stereocenters. The van der Waals surface area contributed by atoms with Gasteiger partial charge in [-0.3, -0.25) is 9.78 Å². The first-order valence-electron chi connectivity index (χ1n) is 10.9. The molecule has 0 fully saturated rings. The Hall–Kier alpha value is -4.07. The zero-order chi connectivity index (χ0) is 22.8. The van der Waals surface area contributed by atoms with Crippen LogP contribution in [0.15, 0.2) is 55.0 Å². The second-order valence-corrected chi connectivity index (χ2v) is 8.16. The van der Waals surface area contributed by atoms with Crippen molar-refractivity contribution in [1.82, 2.24) is 24.8 Å². The van der Waals surface area contributed by atoms with E-state index in [1.807, 2.05) is 31.2 Å². The molecule has 1 amide bonds. The maximum absolute atomic E-state index is 13.6. The van der Waals surface area contributed by atoms with Crippen LogP contribution in [0, 0.1) is 6.92 Å². The van der Waals surface area contributed by atoms with Gasteiger partial charge in [0.05, 0.1) is 37.1 Å². The van der Waals surface area contributed by atoms with Gasteiger partial charge in [0.1, 0.15) is 17.4 Å². The summed E-state index contributed by atoms with van der Waals surface area (Å²) in [4.78, 5) is 32.9. The zero-order valence-corrected chi connectivity index (χ0v) is 18.4. The number of hydrogen-bond donors (Lipinski definition) is 1. The molecule has 33 heavy (non-hydrogen) atoms. The molecule has 1 aliphatic rings. The van der Waals surface area contributed by atoms with Crippen LogP contribution in [-0.2, 0) is 19.5 Å². The van der Waals surface area contributed by atoms with E-state index in [0.717, 1.165) is 46.3 Å². The number of ether oxygens (including phenoxy) is 1. The summed E-state index contributed by atoms with van der Waals surface area (Å²) in [5.74, 6) is 1.76. The fourth-order valence-electron chi connectivity index (χ4n) is 3.98. The minimum Gasteiger partial charge on any atom is -0.492 e. The highest BCUT2D eigenvalue weighted by Crippen LogP contribution is 2.25. The van der Waals surface area contributed by atoms with Gasteiger partial charge >= 0.3 is 0 Å². The number of nitrogens with two attached hydrogens (primary N) is 1. The van der Waals surface area contributed by atoms with E-state index in [1.54, 1.807) is 35.6 Å². The summed E-state index contributed by atoms with van der Waals surface area (Å²) >= 11 is 0. The van der Waals surface area contributed by atoms with E-state index in [0.29, 0.717) is 30.4 Å². The van der Waals surface area contributed by atoms with E-state index in [2.05, 4.69) is 19.9 Å². The molecule has 1 aliphatic heterocycles. The van der Waals surface area contributed by atoms with Gasteiger partial charge in [0, 0.05) is 23.3 Å². The minimum absolute atomic E-state index is 0.130. The number of benzene rings is 1. The second kappa shape index (κ2) is 8.82. The lowest BCUT2D eigenvalue weighted by Gasteiger charge is -2.23. The lowest BCUT2D eigenvalue weighted by Crippen LogP contribution is -2.31. The molecule has 0 bridgehead atoms. The Labute approximate surface area is 191 Å². The second-order valence-electron chi connectivity index (χ2n) is 8.16. The van der Waals surface area contributed by atoms with Crippen molar-refractivity contribution in [3.05, 3.63) is 83.2 Å². The Morgan fingerprint density at radius 3 is 2.82 bits per heavy atom. The molecular formula is C25H24N6O2. The van der Waals surface area contributed by atoms with Crippen LogP contribution in [0.1, 0.15) is 39.4 Å². The first-order valence-corrected chi connectivity index (χ1v) is 10.9. The fourth-order valence-corrected chi connectivity index (χ4v) is 3.98. The molecule has 0 spiro atoms. The number of anilines is 1. The van der Waals surface area contributed by atoms with E-state index in [-0.39, 0.29) is 12.5 Å². The molecule has 5 rings (SSSR count). The monoisotopic (exact) mass is 440 g/mol. The number of nitrogens with zero attached hydrogens (tertiary/aromatic N) is 5. The van der Waals surface area contributed by atoms with Crippen molar-refractivity contribution in [1.29, 1.82) is 0 Å². The number of amides is 1. The number of carbonyl (C=O) groups excluding carboxylic acids is 1. The van der Waals surface area contributed by atoms with Crippen molar-refractivity contribution < 1.29 is 9.53 Å². The zero-order valence-electron chi connectivity index (χ0n) is 18.4. The van der Waals surface area contributed by atoms with Gasteiger partial charge in [0.25, 0.3) is 5.91 Å². The molecule has 0 radical (unpaired) electrons. The Morgan fingerprint density at radius 2 is 1.97 bits per heavy atom. The van der Waals surface area contributed by atoms with Crippen molar-refractivity contribution in [3.63, 3.8) is 0 Å². The van der Waals surface area contributed by atoms with Crippen LogP contribution < -0.4 is 10.5 Å². The van der Waals surface area contributed by atoms with Crippen molar-refractivity contribution in [2.45, 2.75) is 32.9 Å². The normalized spacial score (nSPS) is 12.8. The molecule has 0 saturated heterocycles. The molecule has 3 aromatic heterocycles. The molecule has 8 heteroatoms. The van der Waals surface area contributed by atoms with Crippen LogP contribution in [0.2, 0.25) is 0 Å². The first-order chi connectivity index (χ1) is 16.1. The van der Waals surface area contributed by atoms with Gasteiger partial charge in [0.2, 0.25) is 0 Å². The lowest BCUT2D eigenvalue weighted by atomic mass is 10.1. The number of carbonyl (C=O) groups is 1. The van der Waals surface area contributed by atoms with Crippen molar-refractivity contribution in [3.8, 4) is 5.75 Å². The van der Waals surface area contributed by atoms with Crippen molar-refractivity contribution >= 4 is 22.6 Å². The Balaban J connectivity index is 1.47. The molecule has 0 saturated carbocycles. The summed E-state index contributed by atoms with van der Waals surface area (Å²) in [5.41, 5.74) is 10.1. The maximum Gasteiger partial charge on any atom is 0.254 e. The van der Waals surface area contributed by atoms with Crippen LogP contribution in [0.5, 0.6) is 5.75 Å². The number of nitrogen functional groups attached to an aromatic ring is 1. The van der Waals surface area contributed by atoms with E-state index >= 15 is 0 Å². The number of aromatic nitrogens is 4. The lowest BCUT2D eigenvalue weighted by molar-refractivity contribution is 0.0723. The van der Waals surface area contributed by atoms with E-state index < -0.39 is 0 Å². The quantitative estimate of drug-likeness (QED) is 0.506. The number of fused-ring (bicyclic) bond motifs is 2. The summed E-state index contributed by atoms with van der Waals surface area (Å²) in [7, 11) is 0. The summed E-state index contributed by atoms with van der Waals surface area (Å²) in [6.45, 7) is 3.22. The number of pyridine rings is 2. The highest BCUT2D eigenvalue weighted by molar-refractivity contribution is 5.98. The predicted octanol–water partition coefficient (Wildman–Crippen LogP) is 3.48. The smallest absolute Gasteiger partial charge is 0.254 e. The van der Waals surface area contributed by atoms with Gasteiger partial charge < -0.3 is 15.4 Å². The minimum atomic E-state index is -0.130. The maximum atomic E-state index is 13.6. The third kappa shape index (κ3) is 4.45. The third-order valence-corrected chi connectivity index (χ3v) is 5.74. The average molecular weight is 441 g/mol. The number of aryl methyl sites for hydroxylation is 2. The number of hydrogen-bond acceptors (Lipinski definition) is 7. The van der Waals surface area contributed by atoms with Gasteiger partial charge in [-0.15, -0.1) is 0 Å². The molecule has 4 heterocycles. The van der Waals surface area contributed by atoms with Gasteiger partial charge in [-0.1, -0.05) is 0 Å². The molecule has 0 atom stereocenters. The van der Waals surface area contributed by atoms with Crippen molar-refractivity contribution in [2.75, 3.05) is 12.3 Å². The molecular weight excluding hydrogens is 416 g/mol. The highest BCUT2D eigenvalue weighted by atomic mass is 16.5. The van der Waals surface area contributed by atoms with Gasteiger partial charge in [-0.2, -0.15) is 0 Å².